The van der Waals surface area contributed by atoms with E-state index in [2.05, 4.69) is 4.74 Å². The van der Waals surface area contributed by atoms with Crippen LogP contribution in [0.4, 0.5) is 8.78 Å². The standard InChI is InChI=1S/C13H17ClF2N2O3S/c1-13(7-17)4-5-18(8-13)22(19,20)9-2-3-11(10(14)6-9)21-12(15)16/h2-3,6,12H,4-5,7-8,17H2,1H3. The Morgan fingerprint density at radius 1 is 1.50 bits per heavy atom. The van der Waals surface area contributed by atoms with E-state index in [9.17, 15) is 17.2 Å². The molecule has 1 fully saturated rings. The number of hydrogen-bond acceptors (Lipinski definition) is 4. The zero-order valence-electron chi connectivity index (χ0n) is 11.9. The fraction of sp³-hybridized carbons (Fsp3) is 0.538. The van der Waals surface area contributed by atoms with E-state index in [-0.39, 0.29) is 21.1 Å². The maximum absolute atomic E-state index is 12.6. The Hall–Kier alpha value is -0.960. The highest BCUT2D eigenvalue weighted by atomic mass is 35.5. The number of nitrogens with two attached hydrogens (primary N) is 1. The molecule has 0 aliphatic carbocycles. The van der Waals surface area contributed by atoms with Crippen molar-refractivity contribution in [3.63, 3.8) is 0 Å². The van der Waals surface area contributed by atoms with Crippen LogP contribution < -0.4 is 10.5 Å². The lowest BCUT2D eigenvalue weighted by molar-refractivity contribution is -0.0498. The highest BCUT2D eigenvalue weighted by Gasteiger charge is 2.39. The van der Waals surface area contributed by atoms with Crippen molar-refractivity contribution in [3.05, 3.63) is 23.2 Å². The lowest BCUT2D eigenvalue weighted by Gasteiger charge is -2.22. The van der Waals surface area contributed by atoms with Gasteiger partial charge in [-0.15, -0.1) is 0 Å². The predicted octanol–water partition coefficient (Wildman–Crippen LogP) is 2.30. The smallest absolute Gasteiger partial charge is 0.387 e. The molecule has 1 aliphatic rings. The maximum atomic E-state index is 12.6. The van der Waals surface area contributed by atoms with E-state index in [0.29, 0.717) is 26.1 Å². The van der Waals surface area contributed by atoms with Gasteiger partial charge in [-0.25, -0.2) is 8.42 Å². The van der Waals surface area contributed by atoms with Crippen LogP contribution in [0.2, 0.25) is 5.02 Å². The van der Waals surface area contributed by atoms with Gasteiger partial charge in [-0.2, -0.15) is 13.1 Å². The van der Waals surface area contributed by atoms with Gasteiger partial charge in [0.05, 0.1) is 9.92 Å². The molecular weight excluding hydrogens is 338 g/mol. The largest absolute Gasteiger partial charge is 0.433 e. The lowest BCUT2D eigenvalue weighted by Crippen LogP contribution is -2.34. The first-order chi connectivity index (χ1) is 10.2. The first-order valence-corrected chi connectivity index (χ1v) is 8.44. The minimum Gasteiger partial charge on any atom is -0.433 e. The lowest BCUT2D eigenvalue weighted by atomic mass is 9.90. The van der Waals surface area contributed by atoms with Gasteiger partial charge in [0, 0.05) is 13.1 Å². The zero-order chi connectivity index (χ0) is 16.5. The molecule has 1 aromatic rings. The molecule has 5 nitrogen and oxygen atoms in total. The Bertz CT molecular complexity index is 657. The number of rotatable bonds is 5. The third kappa shape index (κ3) is 3.51. The first-order valence-electron chi connectivity index (χ1n) is 6.62. The number of alkyl halides is 2. The Balaban J connectivity index is 2.26. The highest BCUT2D eigenvalue weighted by molar-refractivity contribution is 7.89. The summed E-state index contributed by atoms with van der Waals surface area (Å²) < 4.78 is 55.0. The van der Waals surface area contributed by atoms with E-state index in [1.165, 1.54) is 10.4 Å². The van der Waals surface area contributed by atoms with Gasteiger partial charge in [-0.1, -0.05) is 18.5 Å². The first kappa shape index (κ1) is 17.4. The van der Waals surface area contributed by atoms with Gasteiger partial charge in [0.25, 0.3) is 0 Å². The topological polar surface area (TPSA) is 72.6 Å². The number of sulfonamides is 1. The average molecular weight is 355 g/mol. The van der Waals surface area contributed by atoms with E-state index < -0.39 is 16.6 Å². The van der Waals surface area contributed by atoms with Crippen molar-refractivity contribution in [2.75, 3.05) is 19.6 Å². The second-order valence-electron chi connectivity index (χ2n) is 5.57. The molecule has 2 rings (SSSR count). The summed E-state index contributed by atoms with van der Waals surface area (Å²) in [7, 11) is -3.74. The van der Waals surface area contributed by atoms with E-state index in [4.69, 9.17) is 17.3 Å². The third-order valence-electron chi connectivity index (χ3n) is 3.77. The summed E-state index contributed by atoms with van der Waals surface area (Å²) >= 11 is 5.81. The molecule has 1 aromatic carbocycles. The summed E-state index contributed by atoms with van der Waals surface area (Å²) in [4.78, 5) is -0.0552. The quantitative estimate of drug-likeness (QED) is 0.880. The van der Waals surface area contributed by atoms with Gasteiger partial charge in [0.2, 0.25) is 10.0 Å². The molecule has 1 saturated heterocycles. The van der Waals surface area contributed by atoms with Gasteiger partial charge in [-0.3, -0.25) is 0 Å². The van der Waals surface area contributed by atoms with E-state index in [1.807, 2.05) is 6.92 Å². The maximum Gasteiger partial charge on any atom is 0.387 e. The summed E-state index contributed by atoms with van der Waals surface area (Å²) in [5.74, 6) is -0.260. The highest BCUT2D eigenvalue weighted by Crippen LogP contribution is 2.34. The summed E-state index contributed by atoms with van der Waals surface area (Å²) in [6.07, 6.45) is 0.670. The van der Waals surface area contributed by atoms with E-state index >= 15 is 0 Å². The van der Waals surface area contributed by atoms with Crippen LogP contribution in [0.25, 0.3) is 0 Å². The molecule has 1 aliphatic heterocycles. The second-order valence-corrected chi connectivity index (χ2v) is 7.92. The Kier molecular flexibility index (Phi) is 4.96. The molecule has 0 spiro atoms. The van der Waals surface area contributed by atoms with Crippen LogP contribution in [0.15, 0.2) is 23.1 Å². The normalized spacial score (nSPS) is 23.2. The fourth-order valence-corrected chi connectivity index (χ4v) is 4.24. The molecule has 1 unspecified atom stereocenters. The van der Waals surface area contributed by atoms with Crippen molar-refractivity contribution in [1.82, 2.24) is 4.31 Å². The molecule has 22 heavy (non-hydrogen) atoms. The van der Waals surface area contributed by atoms with Gasteiger partial charge >= 0.3 is 6.61 Å². The monoisotopic (exact) mass is 354 g/mol. The van der Waals surface area contributed by atoms with Crippen LogP contribution in [0.1, 0.15) is 13.3 Å². The van der Waals surface area contributed by atoms with Crippen molar-refractivity contribution < 1.29 is 21.9 Å². The molecule has 9 heteroatoms. The molecule has 0 aromatic heterocycles. The molecular formula is C13H17ClF2N2O3S. The number of ether oxygens (including phenoxy) is 1. The van der Waals surface area contributed by atoms with Gasteiger partial charge < -0.3 is 10.5 Å². The minimum absolute atomic E-state index is 0.0552. The number of nitrogens with zero attached hydrogens (tertiary/aromatic N) is 1. The van der Waals surface area contributed by atoms with E-state index in [1.54, 1.807) is 0 Å². The van der Waals surface area contributed by atoms with Crippen LogP contribution in [0.3, 0.4) is 0 Å². The van der Waals surface area contributed by atoms with Gasteiger partial charge in [0.15, 0.2) is 0 Å². The average Bonchev–Trinajstić information content (AvgIpc) is 2.84. The Labute approximate surface area is 133 Å². The molecule has 1 atom stereocenters. The van der Waals surface area contributed by atoms with Crippen LogP contribution in [0, 0.1) is 5.41 Å². The Morgan fingerprint density at radius 3 is 2.68 bits per heavy atom. The number of benzene rings is 1. The van der Waals surface area contributed by atoms with Crippen molar-refractivity contribution in [2.24, 2.45) is 11.1 Å². The molecule has 0 bridgehead atoms. The third-order valence-corrected chi connectivity index (χ3v) is 5.91. The fourth-order valence-electron chi connectivity index (χ4n) is 2.33. The molecule has 0 radical (unpaired) electrons. The second kappa shape index (κ2) is 6.27. The Morgan fingerprint density at radius 2 is 2.18 bits per heavy atom. The van der Waals surface area contributed by atoms with Crippen LogP contribution in [0.5, 0.6) is 5.75 Å². The summed E-state index contributed by atoms with van der Waals surface area (Å²) in [6, 6.07) is 3.45. The summed E-state index contributed by atoms with van der Waals surface area (Å²) in [6.45, 7) is -0.0265. The predicted molar refractivity (Wildman–Crippen MR) is 78.6 cm³/mol. The van der Waals surface area contributed by atoms with Gasteiger partial charge in [0.1, 0.15) is 5.75 Å². The van der Waals surface area contributed by atoms with Crippen LogP contribution >= 0.6 is 11.6 Å². The van der Waals surface area contributed by atoms with Crippen molar-refractivity contribution in [1.29, 1.82) is 0 Å². The minimum atomic E-state index is -3.74. The molecule has 0 amide bonds. The van der Waals surface area contributed by atoms with Crippen molar-refractivity contribution in [2.45, 2.75) is 24.9 Å². The van der Waals surface area contributed by atoms with Gasteiger partial charge in [-0.05, 0) is 36.6 Å². The van der Waals surface area contributed by atoms with E-state index in [0.717, 1.165) is 12.1 Å². The summed E-state index contributed by atoms with van der Waals surface area (Å²) in [5, 5.41) is -0.179. The van der Waals surface area contributed by atoms with Crippen molar-refractivity contribution in [3.8, 4) is 5.75 Å². The van der Waals surface area contributed by atoms with Crippen molar-refractivity contribution >= 4 is 21.6 Å². The SMILES string of the molecule is CC1(CN)CCN(S(=O)(=O)c2ccc(OC(F)F)c(Cl)c2)C1. The number of hydrogen-bond donors (Lipinski definition) is 1. The van der Waals surface area contributed by atoms with Crippen LogP contribution in [-0.2, 0) is 10.0 Å². The summed E-state index contributed by atoms with van der Waals surface area (Å²) in [5.41, 5.74) is 5.42. The molecule has 124 valence electrons. The molecule has 2 N–H and O–H groups in total. The molecule has 0 saturated carbocycles. The number of halogens is 3. The molecule has 1 heterocycles. The zero-order valence-corrected chi connectivity index (χ0v) is 13.5. The van der Waals surface area contributed by atoms with Crippen LogP contribution in [-0.4, -0.2) is 39.0 Å².